The van der Waals surface area contributed by atoms with Crippen LogP contribution in [-0.2, 0) is 33.3 Å². The van der Waals surface area contributed by atoms with Gasteiger partial charge in [0.1, 0.15) is 13.2 Å². The number of carboxylic acids is 1. The van der Waals surface area contributed by atoms with Crippen LogP contribution in [0.1, 0.15) is 361 Å². The van der Waals surface area contributed by atoms with Crippen molar-refractivity contribution in [3.05, 3.63) is 170 Å². The van der Waals surface area contributed by atoms with E-state index < -0.39 is 24.3 Å². The van der Waals surface area contributed by atoms with Crippen LogP contribution in [-0.4, -0.2) is 82.3 Å². The monoisotopic (exact) mass is 1460 g/mol. The van der Waals surface area contributed by atoms with Crippen molar-refractivity contribution < 1.29 is 42.9 Å². The highest BCUT2D eigenvalue weighted by Crippen LogP contribution is 2.19. The van der Waals surface area contributed by atoms with Gasteiger partial charge in [-0.2, -0.15) is 0 Å². The molecule has 0 aliphatic heterocycles. The van der Waals surface area contributed by atoms with E-state index in [4.69, 9.17) is 18.9 Å². The number of aliphatic carboxylic acids is 1. The van der Waals surface area contributed by atoms with Gasteiger partial charge < -0.3 is 33.3 Å². The Bertz CT molecular complexity index is 2350. The summed E-state index contributed by atoms with van der Waals surface area (Å²) < 4.78 is 22.8. The Labute approximate surface area is 647 Å². The lowest BCUT2D eigenvalue weighted by Crippen LogP contribution is -2.44. The maximum absolute atomic E-state index is 13.0. The van der Waals surface area contributed by atoms with Gasteiger partial charge in [-0.15, -0.1) is 0 Å². The molecule has 0 aliphatic rings. The second kappa shape index (κ2) is 84.3. The van der Waals surface area contributed by atoms with Crippen LogP contribution in [0.3, 0.4) is 0 Å². The van der Waals surface area contributed by atoms with Gasteiger partial charge in [-0.1, -0.05) is 383 Å². The first kappa shape index (κ1) is 99.7. The number of esters is 2. The van der Waals surface area contributed by atoms with Crippen molar-refractivity contribution in [1.29, 1.82) is 0 Å². The van der Waals surface area contributed by atoms with Gasteiger partial charge in [-0.3, -0.25) is 9.59 Å². The number of hydrogen-bond donors (Lipinski definition) is 0. The Balaban J connectivity index is 4.08. The topological polar surface area (TPSA) is 111 Å². The number of quaternary nitrogens is 1. The largest absolute Gasteiger partial charge is 0.545 e. The van der Waals surface area contributed by atoms with Crippen molar-refractivity contribution in [2.45, 2.75) is 373 Å². The van der Waals surface area contributed by atoms with E-state index in [-0.39, 0.29) is 38.6 Å². The van der Waals surface area contributed by atoms with Crippen LogP contribution in [0.4, 0.5) is 0 Å². The van der Waals surface area contributed by atoms with Gasteiger partial charge in [0.2, 0.25) is 0 Å². The molecule has 0 fully saturated rings. The van der Waals surface area contributed by atoms with Crippen LogP contribution in [0.25, 0.3) is 0 Å². The van der Waals surface area contributed by atoms with E-state index in [0.29, 0.717) is 17.4 Å². The Morgan fingerprint density at radius 2 is 0.543 bits per heavy atom. The van der Waals surface area contributed by atoms with E-state index in [2.05, 4.69) is 184 Å². The fourth-order valence-corrected chi connectivity index (χ4v) is 11.9. The maximum atomic E-state index is 13.0. The van der Waals surface area contributed by atoms with Gasteiger partial charge in [0.05, 0.1) is 40.3 Å². The number of unbranched alkanes of at least 4 members (excludes halogenated alkanes) is 36. The lowest BCUT2D eigenvalue weighted by atomic mass is 10.0. The number of carboxylic acid groups (broad SMARTS) is 1. The van der Waals surface area contributed by atoms with Crippen molar-refractivity contribution in [3.63, 3.8) is 0 Å². The number of nitrogens with zero attached hydrogens (tertiary/aromatic N) is 1. The summed E-state index contributed by atoms with van der Waals surface area (Å²) in [6.45, 7) is 4.61. The summed E-state index contributed by atoms with van der Waals surface area (Å²) in [7, 11) is 5.92. The van der Waals surface area contributed by atoms with Gasteiger partial charge in [-0.05, 0) is 135 Å². The minimum absolute atomic E-state index is 0.136. The van der Waals surface area contributed by atoms with Gasteiger partial charge in [0.15, 0.2) is 12.4 Å². The first-order valence-electron chi connectivity index (χ1n) is 43.3. The molecule has 0 saturated heterocycles. The number of ether oxygens (including phenoxy) is 4. The summed E-state index contributed by atoms with van der Waals surface area (Å²) in [6.07, 6.45) is 124. The molecule has 0 rings (SSSR count). The molecule has 0 aromatic heterocycles. The predicted molar refractivity (Wildman–Crippen MR) is 453 cm³/mol. The van der Waals surface area contributed by atoms with Crippen LogP contribution in [0, 0.1) is 0 Å². The summed E-state index contributed by atoms with van der Waals surface area (Å²) in [5.41, 5.74) is 0. The Morgan fingerprint density at radius 3 is 0.810 bits per heavy atom. The quantitative estimate of drug-likeness (QED) is 0.0195. The Morgan fingerprint density at radius 1 is 0.295 bits per heavy atom. The molecule has 2 unspecified atom stereocenters. The number of carbonyl (C=O) groups excluding carboxylic acids is 3. The van der Waals surface area contributed by atoms with Crippen LogP contribution in [0.15, 0.2) is 170 Å². The van der Waals surface area contributed by atoms with E-state index in [1.807, 2.05) is 21.1 Å². The molecule has 2 atom stereocenters. The fourth-order valence-electron chi connectivity index (χ4n) is 11.9. The molecule has 0 aromatic rings. The number of allylic oxidation sites excluding steroid dienone is 28. The second-order valence-corrected chi connectivity index (χ2v) is 29.7. The van der Waals surface area contributed by atoms with E-state index in [1.54, 1.807) is 0 Å². The first-order valence-corrected chi connectivity index (χ1v) is 43.3. The summed E-state index contributed by atoms with van der Waals surface area (Å²) in [5.74, 6) is -2.32. The molecule has 9 nitrogen and oxygen atoms in total. The third-order valence-electron chi connectivity index (χ3n) is 18.4. The summed E-state index contributed by atoms with van der Waals surface area (Å²) in [5, 5.41) is 11.9. The van der Waals surface area contributed by atoms with Crippen LogP contribution in [0.5, 0.6) is 0 Å². The number of rotatable bonds is 79. The van der Waals surface area contributed by atoms with Crippen molar-refractivity contribution in [2.75, 3.05) is 47.5 Å². The third kappa shape index (κ3) is 85.8. The number of likely N-dealkylation sites (N-methyl/N-ethyl adjacent to an activating group) is 1. The molecule has 0 aliphatic carbocycles. The lowest BCUT2D eigenvalue weighted by molar-refractivity contribution is -0.870. The summed E-state index contributed by atoms with van der Waals surface area (Å²) in [4.78, 5) is 37.7. The highest BCUT2D eigenvalue weighted by molar-refractivity contribution is 5.70. The van der Waals surface area contributed by atoms with Gasteiger partial charge in [-0.25, -0.2) is 0 Å². The lowest BCUT2D eigenvalue weighted by Gasteiger charge is -2.26. The smallest absolute Gasteiger partial charge is 0.306 e. The zero-order valence-corrected chi connectivity index (χ0v) is 68.5. The van der Waals surface area contributed by atoms with E-state index in [9.17, 15) is 19.5 Å². The molecule has 0 aromatic carbocycles. The Kier molecular flexibility index (Phi) is 80.0. The first-order chi connectivity index (χ1) is 51.6. The molecule has 598 valence electrons. The zero-order valence-electron chi connectivity index (χ0n) is 68.5. The van der Waals surface area contributed by atoms with E-state index in [0.717, 1.165) is 128 Å². The molecule has 0 spiro atoms. The highest BCUT2D eigenvalue weighted by atomic mass is 16.7. The van der Waals surface area contributed by atoms with E-state index >= 15 is 0 Å². The fraction of sp³-hybridized carbons (Fsp3) is 0.677. The van der Waals surface area contributed by atoms with Gasteiger partial charge in [0.25, 0.3) is 0 Å². The molecule has 0 N–H and O–H groups in total. The zero-order chi connectivity index (χ0) is 76.0. The highest BCUT2D eigenvalue weighted by Gasteiger charge is 2.22. The average Bonchev–Trinajstić information content (AvgIpc) is 1.18. The molecule has 0 radical (unpaired) electrons. The number of carbonyl (C=O) groups is 3. The van der Waals surface area contributed by atoms with Crippen molar-refractivity contribution in [3.8, 4) is 0 Å². The van der Waals surface area contributed by atoms with Crippen molar-refractivity contribution >= 4 is 17.9 Å². The minimum Gasteiger partial charge on any atom is -0.545 e. The molecule has 0 amide bonds. The molecule has 0 heterocycles. The standard InChI is InChI=1S/C96H161NO8/c1-6-8-10-12-14-16-18-20-22-24-26-28-30-32-34-36-38-40-42-44-46-47-49-51-53-55-57-59-61-63-65-67-69-71-73-75-77-79-81-83-85-87-94(99)105-92(91-104-96(95(100)101)102-89-88-97(3,4)5)90-103-93(98)86-84-82-80-78-76-74-72-70-68-66-64-62-60-58-56-54-52-50-48-45-43-41-39-37-35-33-31-29-27-25-23-21-19-17-15-13-11-9-7-2/h8,10,14,16,19-22,25-28,32,34,38,40,44,46,49,51,55,57,61,63,67,69,73,75,92,96H,6-7,9,11-13,15,17-18,23-24,29-31,33,35-37,39,41-43,45,47-48,50,52-54,56,58-60,62,64-66,68,70-72,74,76-91H2,1-5H3/b10-8-,16-14-,21-19-,22-20-,27-25-,28-26-,34-32-,40-38-,46-44-,51-49-,57-55-,63-61-,69-67-,75-73-. The summed E-state index contributed by atoms with van der Waals surface area (Å²) in [6, 6.07) is 0. The SMILES string of the molecule is CC/C=C\C/C=C\C/C=C\C/C=C\C/C=C\C/C=C\C/C=C\C/C=C\C/C=C\C/C=C\C/C=C\C/C=C\CCCCCCC(=O)OC(COC(=O)CCCCCCCCCCCCCCCCCCCCCCCCCCCCC/C=C\C/C=C\CCCCCCC)COC(OCC[N+](C)(C)C)C(=O)[O-]. The molecular formula is C96H161NO8. The van der Waals surface area contributed by atoms with Crippen LogP contribution >= 0.6 is 0 Å². The molecular weight excluding hydrogens is 1300 g/mol. The molecule has 105 heavy (non-hydrogen) atoms. The molecule has 0 saturated carbocycles. The normalized spacial score (nSPS) is 13.5. The molecule has 0 bridgehead atoms. The second-order valence-electron chi connectivity index (χ2n) is 29.7. The maximum Gasteiger partial charge on any atom is 0.306 e. The minimum atomic E-state index is -1.64. The van der Waals surface area contributed by atoms with E-state index in [1.165, 1.54) is 199 Å². The summed E-state index contributed by atoms with van der Waals surface area (Å²) >= 11 is 0. The number of hydrogen-bond acceptors (Lipinski definition) is 8. The van der Waals surface area contributed by atoms with Crippen LogP contribution in [0.2, 0.25) is 0 Å². The predicted octanol–water partition coefficient (Wildman–Crippen LogP) is 27.1. The molecule has 9 heteroatoms. The van der Waals surface area contributed by atoms with Gasteiger partial charge in [0, 0.05) is 12.8 Å². The van der Waals surface area contributed by atoms with Crippen molar-refractivity contribution in [2.24, 2.45) is 0 Å². The average molecular weight is 1460 g/mol. The van der Waals surface area contributed by atoms with Crippen LogP contribution < -0.4 is 5.11 Å². The Hall–Kier alpha value is -5.35. The van der Waals surface area contributed by atoms with Crippen molar-refractivity contribution in [1.82, 2.24) is 0 Å². The third-order valence-corrected chi connectivity index (χ3v) is 18.4. The van der Waals surface area contributed by atoms with Gasteiger partial charge >= 0.3 is 11.9 Å².